The molecule has 0 spiro atoms. The van der Waals surface area contributed by atoms with Crippen molar-refractivity contribution in [2.75, 3.05) is 13.2 Å². The van der Waals surface area contributed by atoms with Crippen LogP contribution < -0.4 is 0 Å². The van der Waals surface area contributed by atoms with Gasteiger partial charge in [0.25, 0.3) is 0 Å². The van der Waals surface area contributed by atoms with E-state index in [1.807, 2.05) is 19.1 Å². The number of thiocarbonyl (C=S) groups is 1. The SMILES string of the molecule is CC1=C(/C=C/C(C)=C/C=C/C(C)=C/C(=S)OCCOC(=O)c2cccnc2)C(C)(C)CCC1. The highest BCUT2D eigenvalue weighted by Crippen LogP contribution is 2.40. The maximum absolute atomic E-state index is 11.8. The van der Waals surface area contributed by atoms with Crippen molar-refractivity contribution in [1.29, 1.82) is 0 Å². The van der Waals surface area contributed by atoms with E-state index in [4.69, 9.17) is 21.7 Å². The number of hydrogen-bond donors (Lipinski definition) is 0. The van der Waals surface area contributed by atoms with Gasteiger partial charge in [-0.05, 0) is 87.0 Å². The number of nitrogens with zero attached hydrogens (tertiary/aromatic N) is 1. The van der Waals surface area contributed by atoms with Gasteiger partial charge in [0.05, 0.1) is 5.56 Å². The van der Waals surface area contributed by atoms with Crippen LogP contribution in [-0.2, 0) is 9.47 Å². The van der Waals surface area contributed by atoms with Crippen molar-refractivity contribution < 1.29 is 14.3 Å². The first kappa shape index (κ1) is 26.5. The maximum Gasteiger partial charge on any atom is 0.339 e. The molecule has 4 nitrogen and oxygen atoms in total. The van der Waals surface area contributed by atoms with Gasteiger partial charge in [0.1, 0.15) is 13.2 Å². The lowest BCUT2D eigenvalue weighted by Gasteiger charge is -2.32. The Morgan fingerprint density at radius 3 is 2.64 bits per heavy atom. The van der Waals surface area contributed by atoms with Crippen molar-refractivity contribution >= 4 is 23.2 Å². The molecule has 1 aliphatic rings. The number of hydrogen-bond acceptors (Lipinski definition) is 5. The number of aromatic nitrogens is 1. The summed E-state index contributed by atoms with van der Waals surface area (Å²) in [5.74, 6) is -0.429. The minimum atomic E-state index is -0.429. The molecule has 0 radical (unpaired) electrons. The summed E-state index contributed by atoms with van der Waals surface area (Å²) in [6, 6.07) is 3.34. The van der Waals surface area contributed by atoms with Crippen LogP contribution in [-0.4, -0.2) is 29.2 Å². The predicted molar refractivity (Wildman–Crippen MR) is 139 cm³/mol. The van der Waals surface area contributed by atoms with E-state index in [1.165, 1.54) is 42.2 Å². The predicted octanol–water partition coefficient (Wildman–Crippen LogP) is 7.11. The smallest absolute Gasteiger partial charge is 0.339 e. The molecule has 1 aliphatic carbocycles. The number of ether oxygens (including phenoxy) is 2. The molecular weight excluding hydrogens is 430 g/mol. The molecule has 0 fully saturated rings. The van der Waals surface area contributed by atoms with Crippen molar-refractivity contribution in [3.63, 3.8) is 0 Å². The third-order valence-corrected chi connectivity index (χ3v) is 5.81. The minimum absolute atomic E-state index is 0.123. The first-order valence-corrected chi connectivity index (χ1v) is 11.8. The molecule has 0 saturated carbocycles. The first-order valence-electron chi connectivity index (χ1n) is 11.3. The monoisotopic (exact) mass is 465 g/mol. The Balaban J connectivity index is 1.78. The van der Waals surface area contributed by atoms with Crippen LogP contribution in [0.15, 0.2) is 83.3 Å². The number of esters is 1. The van der Waals surface area contributed by atoms with Crippen LogP contribution in [0.4, 0.5) is 0 Å². The highest BCUT2D eigenvalue weighted by molar-refractivity contribution is 7.80. The van der Waals surface area contributed by atoms with Crippen LogP contribution in [0.5, 0.6) is 0 Å². The topological polar surface area (TPSA) is 48.4 Å². The van der Waals surface area contributed by atoms with E-state index < -0.39 is 5.97 Å². The summed E-state index contributed by atoms with van der Waals surface area (Å²) < 4.78 is 10.6. The van der Waals surface area contributed by atoms with Crippen LogP contribution in [0.2, 0.25) is 0 Å². The molecule has 1 aromatic rings. The fourth-order valence-electron chi connectivity index (χ4n) is 3.75. The molecule has 0 N–H and O–H groups in total. The molecule has 0 bridgehead atoms. The van der Waals surface area contributed by atoms with E-state index in [0.717, 1.165) is 5.57 Å². The second kappa shape index (κ2) is 13.0. The zero-order valence-corrected chi connectivity index (χ0v) is 21.2. The molecule has 0 atom stereocenters. The van der Waals surface area contributed by atoms with Crippen molar-refractivity contribution in [2.45, 2.75) is 53.9 Å². The second-order valence-corrected chi connectivity index (χ2v) is 9.37. The Kier molecular flexibility index (Phi) is 10.5. The van der Waals surface area contributed by atoms with Gasteiger partial charge in [-0.1, -0.05) is 55.4 Å². The van der Waals surface area contributed by atoms with E-state index in [-0.39, 0.29) is 18.6 Å². The molecule has 33 heavy (non-hydrogen) atoms. The normalized spacial score (nSPS) is 17.0. The summed E-state index contributed by atoms with van der Waals surface area (Å²) in [6.45, 7) is 11.3. The van der Waals surface area contributed by atoms with Gasteiger partial charge in [0.2, 0.25) is 0 Å². The molecule has 0 aromatic carbocycles. The molecule has 1 aromatic heterocycles. The van der Waals surface area contributed by atoms with Crippen molar-refractivity contribution in [3.05, 3.63) is 88.8 Å². The number of carbonyl (C=O) groups excluding carboxylic acids is 1. The highest BCUT2D eigenvalue weighted by atomic mass is 32.1. The quantitative estimate of drug-likeness (QED) is 0.128. The molecule has 0 saturated heterocycles. The summed E-state index contributed by atoms with van der Waals surface area (Å²) in [5.41, 5.74) is 5.80. The van der Waals surface area contributed by atoms with Crippen molar-refractivity contribution in [1.82, 2.24) is 4.98 Å². The standard InChI is InChI=1S/C28H35NO3S/c1-21(13-14-25-23(3)11-7-15-28(25,4)5)9-6-10-22(2)19-26(33)31-17-18-32-27(30)24-12-8-16-29-20-24/h6,8-10,12-14,16,19-20H,7,11,15,17-18H2,1-5H3/b10-6+,14-13+,21-9+,22-19+. The average molecular weight is 466 g/mol. The zero-order valence-electron chi connectivity index (χ0n) is 20.4. The maximum atomic E-state index is 11.8. The number of pyridine rings is 1. The van der Waals surface area contributed by atoms with Gasteiger partial charge >= 0.3 is 5.97 Å². The molecule has 0 unspecified atom stereocenters. The van der Waals surface area contributed by atoms with E-state index in [9.17, 15) is 4.79 Å². The molecule has 176 valence electrons. The van der Waals surface area contributed by atoms with Crippen LogP contribution in [0.25, 0.3) is 0 Å². The second-order valence-electron chi connectivity index (χ2n) is 8.97. The largest absolute Gasteiger partial charge is 0.480 e. The lowest BCUT2D eigenvalue weighted by molar-refractivity contribution is 0.0445. The lowest BCUT2D eigenvalue weighted by Crippen LogP contribution is -2.19. The fraction of sp³-hybridized carbons (Fsp3) is 0.393. The highest BCUT2D eigenvalue weighted by Gasteiger charge is 2.26. The molecule has 1 heterocycles. The summed E-state index contributed by atoms with van der Waals surface area (Å²) in [6.07, 6.45) is 19.1. The van der Waals surface area contributed by atoms with Crippen LogP contribution in [0.3, 0.4) is 0 Å². The van der Waals surface area contributed by atoms with Gasteiger partial charge in [0.15, 0.2) is 5.05 Å². The lowest BCUT2D eigenvalue weighted by atomic mass is 9.72. The Morgan fingerprint density at radius 2 is 1.94 bits per heavy atom. The number of allylic oxidation sites excluding steroid dienone is 9. The van der Waals surface area contributed by atoms with E-state index in [1.54, 1.807) is 24.4 Å². The van der Waals surface area contributed by atoms with Crippen LogP contribution in [0, 0.1) is 5.41 Å². The molecule has 5 heteroatoms. The van der Waals surface area contributed by atoms with E-state index in [2.05, 4.69) is 50.9 Å². The fourth-order valence-corrected chi connectivity index (χ4v) is 4.02. The summed E-state index contributed by atoms with van der Waals surface area (Å²) in [4.78, 5) is 15.7. The van der Waals surface area contributed by atoms with Crippen LogP contribution in [0.1, 0.15) is 64.2 Å². The molecule has 2 rings (SSSR count). The third-order valence-electron chi connectivity index (χ3n) is 5.58. The van der Waals surface area contributed by atoms with Gasteiger partial charge in [-0.3, -0.25) is 4.98 Å². The first-order chi connectivity index (χ1) is 15.7. The van der Waals surface area contributed by atoms with Crippen LogP contribution >= 0.6 is 12.2 Å². The zero-order chi connectivity index (χ0) is 24.3. The van der Waals surface area contributed by atoms with Crippen molar-refractivity contribution in [3.8, 4) is 0 Å². The number of carbonyl (C=O) groups is 1. The summed E-state index contributed by atoms with van der Waals surface area (Å²) >= 11 is 5.24. The van der Waals surface area contributed by atoms with Gasteiger partial charge < -0.3 is 9.47 Å². The van der Waals surface area contributed by atoms with E-state index in [0.29, 0.717) is 10.6 Å². The summed E-state index contributed by atoms with van der Waals surface area (Å²) in [5, 5.41) is 0.358. The Hall–Kier alpha value is -2.79. The minimum Gasteiger partial charge on any atom is -0.480 e. The van der Waals surface area contributed by atoms with Gasteiger partial charge in [0, 0.05) is 12.4 Å². The third kappa shape index (κ3) is 9.30. The van der Waals surface area contributed by atoms with Gasteiger partial charge in [-0.15, -0.1) is 0 Å². The van der Waals surface area contributed by atoms with Crippen molar-refractivity contribution in [2.24, 2.45) is 5.41 Å². The Bertz CT molecular complexity index is 982. The van der Waals surface area contributed by atoms with E-state index >= 15 is 0 Å². The van der Waals surface area contributed by atoms with Gasteiger partial charge in [-0.2, -0.15) is 0 Å². The summed E-state index contributed by atoms with van der Waals surface area (Å²) in [7, 11) is 0. The molecule has 0 amide bonds. The average Bonchev–Trinajstić information content (AvgIpc) is 2.76. The van der Waals surface area contributed by atoms with Gasteiger partial charge in [-0.25, -0.2) is 4.79 Å². The Labute approximate surface area is 203 Å². The molecule has 0 aliphatic heterocycles. The Morgan fingerprint density at radius 1 is 1.18 bits per heavy atom. The molecular formula is C28H35NO3S. The number of rotatable bonds is 9.